The van der Waals surface area contributed by atoms with Gasteiger partial charge in [0.25, 0.3) is 0 Å². The van der Waals surface area contributed by atoms with Gasteiger partial charge in [-0.15, -0.1) is 11.8 Å². The second-order valence-electron chi connectivity index (χ2n) is 4.63. The van der Waals surface area contributed by atoms with E-state index in [1.807, 2.05) is 24.3 Å². The first kappa shape index (κ1) is 12.9. The lowest BCUT2D eigenvalue weighted by Crippen LogP contribution is -2.20. The minimum atomic E-state index is -0.109. The largest absolute Gasteiger partial charge is 0.326 e. The van der Waals surface area contributed by atoms with Crippen molar-refractivity contribution in [3.05, 3.63) is 59.7 Å². The van der Waals surface area contributed by atoms with Gasteiger partial charge in [-0.3, -0.25) is 9.59 Å². The van der Waals surface area contributed by atoms with Crippen LogP contribution in [0, 0.1) is 0 Å². The third kappa shape index (κ3) is 2.47. The molecule has 1 N–H and O–H groups in total. The highest BCUT2D eigenvalue weighted by molar-refractivity contribution is 7.99. The molecule has 0 radical (unpaired) electrons. The Hall–Kier alpha value is -2.07. The van der Waals surface area contributed by atoms with Crippen LogP contribution in [0.3, 0.4) is 0 Å². The van der Waals surface area contributed by atoms with Gasteiger partial charge in [0.05, 0.1) is 5.92 Å². The zero-order valence-corrected chi connectivity index (χ0v) is 11.5. The molecular formula is C16H13NO2S. The fraction of sp³-hybridized carbons (Fsp3) is 0.125. The molecular weight excluding hydrogens is 270 g/mol. The van der Waals surface area contributed by atoms with Crippen LogP contribution in [0.25, 0.3) is 0 Å². The minimum Gasteiger partial charge on any atom is -0.326 e. The second kappa shape index (κ2) is 5.51. The lowest BCUT2D eigenvalue weighted by Gasteiger charge is -2.11. The number of hydrogen-bond acceptors (Lipinski definition) is 3. The van der Waals surface area contributed by atoms with Gasteiger partial charge in [0.15, 0.2) is 0 Å². The maximum Gasteiger partial charge on any atom is 0.232 e. The molecule has 0 spiro atoms. The summed E-state index contributed by atoms with van der Waals surface area (Å²) in [4.78, 5) is 24.1. The van der Waals surface area contributed by atoms with Crippen LogP contribution in [0.1, 0.15) is 21.8 Å². The molecule has 1 atom stereocenters. The summed E-state index contributed by atoms with van der Waals surface area (Å²) in [6.07, 6.45) is 0.787. The normalized spacial score (nSPS) is 16.5. The Morgan fingerprint density at radius 1 is 1.15 bits per heavy atom. The third-order valence-electron chi connectivity index (χ3n) is 3.33. The predicted molar refractivity (Wildman–Crippen MR) is 80.4 cm³/mol. The number of rotatable bonds is 3. The van der Waals surface area contributed by atoms with Crippen molar-refractivity contribution in [2.24, 2.45) is 0 Å². The van der Waals surface area contributed by atoms with Crippen molar-refractivity contribution in [1.29, 1.82) is 0 Å². The van der Waals surface area contributed by atoms with E-state index in [9.17, 15) is 9.59 Å². The van der Waals surface area contributed by atoms with Crippen LogP contribution >= 0.6 is 11.8 Å². The molecule has 2 aromatic carbocycles. The van der Waals surface area contributed by atoms with Gasteiger partial charge in [0.1, 0.15) is 6.29 Å². The fourth-order valence-electron chi connectivity index (χ4n) is 2.25. The Bertz CT molecular complexity index is 652. The number of aldehydes is 1. The number of nitrogens with one attached hydrogen (secondary N) is 1. The van der Waals surface area contributed by atoms with Crippen molar-refractivity contribution in [2.45, 2.75) is 10.8 Å². The monoisotopic (exact) mass is 283 g/mol. The predicted octanol–water partition coefficient (Wildman–Crippen LogP) is 3.33. The Kier molecular flexibility index (Phi) is 3.56. The van der Waals surface area contributed by atoms with E-state index >= 15 is 0 Å². The average Bonchev–Trinajstić information content (AvgIpc) is 2.92. The molecule has 20 heavy (non-hydrogen) atoms. The zero-order chi connectivity index (χ0) is 13.9. The molecule has 3 nitrogen and oxygen atoms in total. The maximum absolute atomic E-state index is 12.3. The summed E-state index contributed by atoms with van der Waals surface area (Å²) in [6.45, 7) is 0. The van der Waals surface area contributed by atoms with Gasteiger partial charge in [-0.25, -0.2) is 0 Å². The lowest BCUT2D eigenvalue weighted by molar-refractivity contribution is -0.117. The van der Waals surface area contributed by atoms with Crippen molar-refractivity contribution >= 4 is 29.6 Å². The third-order valence-corrected chi connectivity index (χ3v) is 4.51. The Labute approximate surface area is 121 Å². The van der Waals surface area contributed by atoms with Crippen molar-refractivity contribution in [3.63, 3.8) is 0 Å². The van der Waals surface area contributed by atoms with E-state index in [1.165, 1.54) is 4.90 Å². The molecule has 1 aliphatic heterocycles. The van der Waals surface area contributed by atoms with Gasteiger partial charge >= 0.3 is 0 Å². The van der Waals surface area contributed by atoms with E-state index in [0.717, 1.165) is 23.3 Å². The van der Waals surface area contributed by atoms with Crippen LogP contribution in [-0.2, 0) is 4.79 Å². The average molecular weight is 283 g/mol. The molecule has 100 valence electrons. The summed E-state index contributed by atoms with van der Waals surface area (Å²) in [7, 11) is 0. The van der Waals surface area contributed by atoms with Crippen LogP contribution in [0.2, 0.25) is 0 Å². The summed E-state index contributed by atoms with van der Waals surface area (Å²) in [5.74, 6) is 0.667. The molecule has 1 heterocycles. The van der Waals surface area contributed by atoms with E-state index < -0.39 is 0 Å². The van der Waals surface area contributed by atoms with Crippen LogP contribution < -0.4 is 5.32 Å². The van der Waals surface area contributed by atoms with E-state index in [1.54, 1.807) is 36.0 Å². The molecule has 2 aromatic rings. The summed E-state index contributed by atoms with van der Waals surface area (Å²) in [6, 6.07) is 14.9. The molecule has 0 fully saturated rings. The first-order chi connectivity index (χ1) is 9.78. The van der Waals surface area contributed by atoms with Crippen LogP contribution in [0.4, 0.5) is 5.69 Å². The van der Waals surface area contributed by atoms with Gasteiger partial charge in [-0.2, -0.15) is 0 Å². The topological polar surface area (TPSA) is 46.2 Å². The number of carbonyl (C=O) groups is 2. The second-order valence-corrected chi connectivity index (χ2v) is 5.69. The quantitative estimate of drug-likeness (QED) is 0.879. The van der Waals surface area contributed by atoms with Crippen molar-refractivity contribution < 1.29 is 9.59 Å². The number of anilines is 1. The molecule has 1 aliphatic rings. The molecule has 1 unspecified atom stereocenters. The van der Waals surface area contributed by atoms with E-state index in [2.05, 4.69) is 5.32 Å². The SMILES string of the molecule is O=Cc1ccc(NC(=O)C2CSc3ccccc32)cc1. The van der Waals surface area contributed by atoms with E-state index in [4.69, 9.17) is 0 Å². The summed E-state index contributed by atoms with van der Waals surface area (Å²) < 4.78 is 0. The first-order valence-electron chi connectivity index (χ1n) is 6.36. The van der Waals surface area contributed by atoms with Crippen molar-refractivity contribution in [2.75, 3.05) is 11.1 Å². The fourth-order valence-corrected chi connectivity index (χ4v) is 3.48. The highest BCUT2D eigenvalue weighted by Crippen LogP contribution is 2.39. The van der Waals surface area contributed by atoms with E-state index in [0.29, 0.717) is 5.56 Å². The Balaban J connectivity index is 1.75. The summed E-state index contributed by atoms with van der Waals surface area (Å²) in [5.41, 5.74) is 2.42. The number of benzene rings is 2. The lowest BCUT2D eigenvalue weighted by atomic mass is 10.0. The van der Waals surface area contributed by atoms with Gasteiger partial charge in [-0.05, 0) is 35.9 Å². The number of fused-ring (bicyclic) bond motifs is 1. The number of amides is 1. The first-order valence-corrected chi connectivity index (χ1v) is 7.34. The van der Waals surface area contributed by atoms with Gasteiger partial charge < -0.3 is 5.32 Å². The number of carbonyl (C=O) groups excluding carboxylic acids is 2. The van der Waals surface area contributed by atoms with Gasteiger partial charge in [-0.1, -0.05) is 18.2 Å². The summed E-state index contributed by atoms with van der Waals surface area (Å²) >= 11 is 1.71. The standard InChI is InChI=1S/C16H13NO2S/c18-9-11-5-7-12(8-6-11)17-16(19)14-10-20-15-4-2-1-3-13(14)15/h1-9,14H,10H2,(H,17,19). The molecule has 0 bridgehead atoms. The highest BCUT2D eigenvalue weighted by Gasteiger charge is 2.28. The van der Waals surface area contributed by atoms with Crippen LogP contribution in [0.5, 0.6) is 0 Å². The van der Waals surface area contributed by atoms with E-state index in [-0.39, 0.29) is 11.8 Å². The molecule has 1 amide bonds. The van der Waals surface area contributed by atoms with Gasteiger partial charge in [0, 0.05) is 21.9 Å². The molecule has 3 rings (SSSR count). The van der Waals surface area contributed by atoms with Gasteiger partial charge in [0.2, 0.25) is 5.91 Å². The molecule has 0 saturated heterocycles. The van der Waals surface area contributed by atoms with Crippen molar-refractivity contribution in [1.82, 2.24) is 0 Å². The van der Waals surface area contributed by atoms with Crippen molar-refractivity contribution in [3.8, 4) is 0 Å². The van der Waals surface area contributed by atoms with Crippen LogP contribution in [-0.4, -0.2) is 17.9 Å². The molecule has 0 saturated carbocycles. The number of thioether (sulfide) groups is 1. The Morgan fingerprint density at radius 3 is 2.65 bits per heavy atom. The summed E-state index contributed by atoms with van der Waals surface area (Å²) in [5, 5.41) is 2.91. The Morgan fingerprint density at radius 2 is 1.90 bits per heavy atom. The highest BCUT2D eigenvalue weighted by atomic mass is 32.2. The molecule has 4 heteroatoms. The molecule has 0 aromatic heterocycles. The number of hydrogen-bond donors (Lipinski definition) is 1. The maximum atomic E-state index is 12.3. The smallest absolute Gasteiger partial charge is 0.232 e. The zero-order valence-electron chi connectivity index (χ0n) is 10.7. The minimum absolute atomic E-state index is 0.00121. The van der Waals surface area contributed by atoms with Crippen LogP contribution in [0.15, 0.2) is 53.4 Å². The molecule has 0 aliphatic carbocycles.